The normalized spacial score (nSPS) is 25.0. The summed E-state index contributed by atoms with van der Waals surface area (Å²) >= 11 is 0. The minimum Gasteiger partial charge on any atom is -0.329 e. The molecule has 0 unspecified atom stereocenters. The highest BCUT2D eigenvalue weighted by molar-refractivity contribution is 4.89. The first-order valence-corrected chi connectivity index (χ1v) is 9.80. The van der Waals surface area contributed by atoms with Gasteiger partial charge in [0.25, 0.3) is 0 Å². The third-order valence-electron chi connectivity index (χ3n) is 5.69. The zero-order valence-electron chi connectivity index (χ0n) is 14.2. The molecule has 0 aliphatic heterocycles. The Kier molecular flexibility index (Phi) is 8.10. The van der Waals surface area contributed by atoms with Gasteiger partial charge in [0, 0.05) is 12.1 Å². The number of rotatable bonds is 6. The van der Waals surface area contributed by atoms with E-state index in [9.17, 15) is 0 Å². The third-order valence-corrected chi connectivity index (χ3v) is 5.69. The molecule has 0 amide bonds. The molecule has 124 valence electrons. The van der Waals surface area contributed by atoms with E-state index in [-0.39, 0.29) is 5.54 Å². The highest BCUT2D eigenvalue weighted by Gasteiger charge is 2.27. The van der Waals surface area contributed by atoms with Crippen LogP contribution in [0.25, 0.3) is 0 Å². The van der Waals surface area contributed by atoms with E-state index in [0.29, 0.717) is 0 Å². The summed E-state index contributed by atoms with van der Waals surface area (Å²) in [6.45, 7) is 2.02. The van der Waals surface area contributed by atoms with Crippen molar-refractivity contribution in [3.8, 4) is 0 Å². The minimum absolute atomic E-state index is 0.253. The lowest BCUT2D eigenvalue weighted by atomic mass is 9.85. The van der Waals surface area contributed by atoms with Gasteiger partial charge in [-0.2, -0.15) is 0 Å². The molecule has 2 nitrogen and oxygen atoms in total. The Labute approximate surface area is 132 Å². The molecule has 3 N–H and O–H groups in total. The minimum atomic E-state index is 0.253. The van der Waals surface area contributed by atoms with Crippen LogP contribution in [0.5, 0.6) is 0 Å². The second-order valence-corrected chi connectivity index (χ2v) is 7.68. The summed E-state index contributed by atoms with van der Waals surface area (Å²) in [4.78, 5) is 0. The van der Waals surface area contributed by atoms with E-state index in [1.165, 1.54) is 103 Å². The molecular weight excluding hydrogens is 256 g/mol. The van der Waals surface area contributed by atoms with Gasteiger partial charge < -0.3 is 11.1 Å². The largest absolute Gasteiger partial charge is 0.329 e. The predicted molar refractivity (Wildman–Crippen MR) is 92.5 cm³/mol. The standard InChI is InChI=1S/C19H38N2/c20-17-19(21-16-10-11-18-12-13-18)14-8-6-4-2-1-3-5-7-9-15-19/h18,21H,1-17,20H2. The molecule has 2 aliphatic rings. The van der Waals surface area contributed by atoms with Crippen molar-refractivity contribution in [3.63, 3.8) is 0 Å². The molecule has 0 heterocycles. The molecule has 0 atom stereocenters. The average Bonchev–Trinajstić information content (AvgIpc) is 3.30. The molecule has 2 aliphatic carbocycles. The van der Waals surface area contributed by atoms with E-state index < -0.39 is 0 Å². The van der Waals surface area contributed by atoms with Gasteiger partial charge in [-0.3, -0.25) is 0 Å². The van der Waals surface area contributed by atoms with Gasteiger partial charge >= 0.3 is 0 Å². The van der Waals surface area contributed by atoms with Crippen LogP contribution < -0.4 is 11.1 Å². The van der Waals surface area contributed by atoms with Crippen molar-refractivity contribution in [2.75, 3.05) is 13.1 Å². The van der Waals surface area contributed by atoms with Gasteiger partial charge in [-0.05, 0) is 38.1 Å². The van der Waals surface area contributed by atoms with Crippen LogP contribution >= 0.6 is 0 Å². The summed E-state index contributed by atoms with van der Waals surface area (Å²) in [6.07, 6.45) is 21.1. The number of nitrogens with one attached hydrogen (secondary N) is 1. The molecule has 0 bridgehead atoms. The molecule has 0 aromatic heterocycles. The summed E-state index contributed by atoms with van der Waals surface area (Å²) in [6, 6.07) is 0. The van der Waals surface area contributed by atoms with Crippen molar-refractivity contribution >= 4 is 0 Å². The summed E-state index contributed by atoms with van der Waals surface area (Å²) in [5, 5.41) is 3.89. The Balaban J connectivity index is 1.74. The molecular formula is C19H38N2. The third kappa shape index (κ3) is 7.15. The molecule has 2 rings (SSSR count). The van der Waals surface area contributed by atoms with Gasteiger partial charge in [0.05, 0.1) is 0 Å². The Hall–Kier alpha value is -0.0800. The van der Waals surface area contributed by atoms with Crippen molar-refractivity contribution in [2.45, 2.75) is 102 Å². The van der Waals surface area contributed by atoms with E-state index in [2.05, 4.69) is 5.32 Å². The molecule has 2 fully saturated rings. The first kappa shape index (κ1) is 17.3. The van der Waals surface area contributed by atoms with Crippen molar-refractivity contribution in [2.24, 2.45) is 11.7 Å². The highest BCUT2D eigenvalue weighted by Crippen LogP contribution is 2.33. The highest BCUT2D eigenvalue weighted by atomic mass is 15.0. The fraction of sp³-hybridized carbons (Fsp3) is 1.00. The van der Waals surface area contributed by atoms with Crippen LogP contribution in [0.2, 0.25) is 0 Å². The van der Waals surface area contributed by atoms with Crippen molar-refractivity contribution in [1.82, 2.24) is 5.32 Å². The summed E-state index contributed by atoms with van der Waals surface area (Å²) < 4.78 is 0. The zero-order valence-corrected chi connectivity index (χ0v) is 14.2. The maximum Gasteiger partial charge on any atom is 0.0304 e. The summed E-state index contributed by atoms with van der Waals surface area (Å²) in [5.41, 5.74) is 6.46. The fourth-order valence-electron chi connectivity index (χ4n) is 3.89. The Morgan fingerprint density at radius 2 is 1.33 bits per heavy atom. The summed E-state index contributed by atoms with van der Waals surface area (Å²) in [7, 11) is 0. The van der Waals surface area contributed by atoms with Crippen LogP contribution in [0, 0.1) is 5.92 Å². The van der Waals surface area contributed by atoms with Gasteiger partial charge in [-0.25, -0.2) is 0 Å². The van der Waals surface area contributed by atoms with E-state index in [1.54, 1.807) is 0 Å². The maximum absolute atomic E-state index is 6.21. The van der Waals surface area contributed by atoms with E-state index in [1.807, 2.05) is 0 Å². The second-order valence-electron chi connectivity index (χ2n) is 7.68. The molecule has 2 heteroatoms. The Bertz CT molecular complexity index is 248. The van der Waals surface area contributed by atoms with E-state index >= 15 is 0 Å². The first-order valence-electron chi connectivity index (χ1n) is 9.80. The van der Waals surface area contributed by atoms with Crippen LogP contribution in [-0.2, 0) is 0 Å². The smallest absolute Gasteiger partial charge is 0.0304 e. The first-order chi connectivity index (χ1) is 10.3. The van der Waals surface area contributed by atoms with Crippen LogP contribution in [0.3, 0.4) is 0 Å². The molecule has 21 heavy (non-hydrogen) atoms. The maximum atomic E-state index is 6.21. The molecule has 0 saturated heterocycles. The number of hydrogen-bond donors (Lipinski definition) is 2. The summed E-state index contributed by atoms with van der Waals surface area (Å²) in [5.74, 6) is 1.07. The zero-order chi connectivity index (χ0) is 14.8. The van der Waals surface area contributed by atoms with Gasteiger partial charge in [0.2, 0.25) is 0 Å². The lowest BCUT2D eigenvalue weighted by molar-refractivity contribution is 0.265. The van der Waals surface area contributed by atoms with Crippen molar-refractivity contribution in [1.29, 1.82) is 0 Å². The van der Waals surface area contributed by atoms with Crippen LogP contribution in [0.15, 0.2) is 0 Å². The lowest BCUT2D eigenvalue weighted by Crippen LogP contribution is -2.51. The van der Waals surface area contributed by atoms with E-state index in [4.69, 9.17) is 5.73 Å². The molecule has 2 saturated carbocycles. The molecule has 0 aromatic rings. The lowest BCUT2D eigenvalue weighted by Gasteiger charge is -2.35. The Morgan fingerprint density at radius 1 is 0.810 bits per heavy atom. The van der Waals surface area contributed by atoms with Gasteiger partial charge in [-0.15, -0.1) is 0 Å². The molecule has 0 aromatic carbocycles. The van der Waals surface area contributed by atoms with Crippen LogP contribution in [0.4, 0.5) is 0 Å². The average molecular weight is 295 g/mol. The SMILES string of the molecule is NCC1(NCCCC2CC2)CCCCCCCCCCC1. The fourth-order valence-corrected chi connectivity index (χ4v) is 3.89. The quantitative estimate of drug-likeness (QED) is 0.693. The number of nitrogens with two attached hydrogens (primary N) is 1. The Morgan fingerprint density at radius 3 is 1.81 bits per heavy atom. The predicted octanol–water partition coefficient (Wildman–Crippen LogP) is 4.77. The number of hydrogen-bond acceptors (Lipinski definition) is 2. The van der Waals surface area contributed by atoms with Crippen molar-refractivity contribution < 1.29 is 0 Å². The van der Waals surface area contributed by atoms with E-state index in [0.717, 1.165) is 12.5 Å². The van der Waals surface area contributed by atoms with Crippen LogP contribution in [0.1, 0.15) is 96.3 Å². The van der Waals surface area contributed by atoms with Gasteiger partial charge in [0.15, 0.2) is 0 Å². The topological polar surface area (TPSA) is 38.0 Å². The van der Waals surface area contributed by atoms with Gasteiger partial charge in [-0.1, -0.05) is 70.6 Å². The molecule has 0 radical (unpaired) electrons. The monoisotopic (exact) mass is 294 g/mol. The molecule has 0 spiro atoms. The van der Waals surface area contributed by atoms with Crippen LogP contribution in [-0.4, -0.2) is 18.6 Å². The van der Waals surface area contributed by atoms with Crippen molar-refractivity contribution in [3.05, 3.63) is 0 Å². The van der Waals surface area contributed by atoms with Gasteiger partial charge in [0.1, 0.15) is 0 Å². The second kappa shape index (κ2) is 9.84.